The molecule has 2 aromatic rings. The van der Waals surface area contributed by atoms with Crippen LogP contribution in [0.1, 0.15) is 50.6 Å². The second-order valence-corrected chi connectivity index (χ2v) is 9.80. The summed E-state index contributed by atoms with van der Waals surface area (Å²) in [6.07, 6.45) is 4.83. The zero-order valence-electron chi connectivity index (χ0n) is 18.0. The monoisotopic (exact) mass is 422 g/mol. The van der Waals surface area contributed by atoms with Crippen LogP contribution in [-0.2, 0) is 0 Å². The molecule has 4 heteroatoms. The highest BCUT2D eigenvalue weighted by Gasteiger charge is 2.37. The van der Waals surface area contributed by atoms with Gasteiger partial charge in [-0.05, 0) is 69.8 Å². The molecule has 0 saturated carbocycles. The Kier molecular flexibility index (Phi) is 7.19. The zero-order chi connectivity index (χ0) is 20.9. The van der Waals surface area contributed by atoms with E-state index >= 15 is 0 Å². The third-order valence-electron chi connectivity index (χ3n) is 6.42. The number of anilines is 1. The van der Waals surface area contributed by atoms with Gasteiger partial charge < -0.3 is 10.0 Å². The number of thioether (sulfide) groups is 1. The molecule has 4 rings (SSSR count). The lowest BCUT2D eigenvalue weighted by atomic mass is 9.97. The van der Waals surface area contributed by atoms with Crippen molar-refractivity contribution in [1.29, 1.82) is 0 Å². The lowest BCUT2D eigenvalue weighted by Gasteiger charge is -2.43. The summed E-state index contributed by atoms with van der Waals surface area (Å²) in [7, 11) is 0. The van der Waals surface area contributed by atoms with E-state index in [-0.39, 0.29) is 12.1 Å². The molecule has 1 saturated heterocycles. The average Bonchev–Trinajstić information content (AvgIpc) is 3.21. The fraction of sp³-hybridized carbons (Fsp3) is 0.462. The number of hydrogen-bond donors (Lipinski definition) is 1. The second-order valence-electron chi connectivity index (χ2n) is 8.66. The van der Waals surface area contributed by atoms with Gasteiger partial charge in [0.1, 0.15) is 6.23 Å². The summed E-state index contributed by atoms with van der Waals surface area (Å²) in [4.78, 5) is 6.11. The molecular formula is C26H34N2OS. The molecule has 30 heavy (non-hydrogen) atoms. The average molecular weight is 423 g/mol. The molecule has 0 aliphatic carbocycles. The van der Waals surface area contributed by atoms with Crippen molar-refractivity contribution < 1.29 is 5.11 Å². The van der Waals surface area contributed by atoms with E-state index in [0.29, 0.717) is 0 Å². The third-order valence-corrected chi connectivity index (χ3v) is 7.51. The van der Waals surface area contributed by atoms with Gasteiger partial charge in [0.05, 0.1) is 17.8 Å². The summed E-state index contributed by atoms with van der Waals surface area (Å²) in [5, 5.41) is 12.0. The molecule has 0 amide bonds. The van der Waals surface area contributed by atoms with Gasteiger partial charge in [0.25, 0.3) is 0 Å². The van der Waals surface area contributed by atoms with E-state index in [1.54, 1.807) is 0 Å². The van der Waals surface area contributed by atoms with Crippen molar-refractivity contribution in [3.8, 4) is 0 Å². The predicted octanol–water partition coefficient (Wildman–Crippen LogP) is 5.87. The number of allylic oxidation sites excluding steroid dienone is 1. The molecule has 0 spiro atoms. The van der Waals surface area contributed by atoms with Gasteiger partial charge in [0.15, 0.2) is 0 Å². The molecule has 0 aromatic heterocycles. The van der Waals surface area contributed by atoms with E-state index in [2.05, 4.69) is 77.9 Å². The van der Waals surface area contributed by atoms with Gasteiger partial charge in [0.2, 0.25) is 0 Å². The standard InChI is InChI=1S/C26H34N2OS/c1-20(2)14-15-24(27-17-8-9-18-27)26(29)28-22(21-10-4-3-5-11-21)16-19-30-25-13-7-6-12-23(25)28/h3-7,10-13,22,24,26,29H,1,8-9,14-19H2,2H3. The van der Waals surface area contributed by atoms with E-state index in [4.69, 9.17) is 0 Å². The molecule has 160 valence electrons. The van der Waals surface area contributed by atoms with Gasteiger partial charge in [-0.25, -0.2) is 0 Å². The van der Waals surface area contributed by atoms with Crippen molar-refractivity contribution in [2.75, 3.05) is 23.7 Å². The number of hydrogen-bond acceptors (Lipinski definition) is 4. The van der Waals surface area contributed by atoms with E-state index in [1.807, 2.05) is 11.8 Å². The molecule has 1 N–H and O–H groups in total. The lowest BCUT2D eigenvalue weighted by Crippen LogP contribution is -2.52. The SMILES string of the molecule is C=C(C)CCC(C(O)N1c2ccccc2SCCC1c1ccccc1)N1CCCC1. The van der Waals surface area contributed by atoms with Crippen LogP contribution in [-0.4, -0.2) is 41.1 Å². The van der Waals surface area contributed by atoms with Gasteiger partial charge in [-0.3, -0.25) is 4.90 Å². The number of likely N-dealkylation sites (tertiary alicyclic amines) is 1. The number of para-hydroxylation sites is 1. The summed E-state index contributed by atoms with van der Waals surface area (Å²) in [6.45, 7) is 8.38. The molecule has 2 aromatic carbocycles. The van der Waals surface area contributed by atoms with Crippen LogP contribution in [0.3, 0.4) is 0 Å². The Balaban J connectivity index is 1.73. The number of aliphatic hydroxyl groups excluding tert-OH is 1. The first-order valence-corrected chi connectivity index (χ1v) is 12.3. The quantitative estimate of drug-likeness (QED) is 0.565. The largest absolute Gasteiger partial charge is 0.372 e. The first-order chi connectivity index (χ1) is 14.6. The highest BCUT2D eigenvalue weighted by Crippen LogP contribution is 2.43. The van der Waals surface area contributed by atoms with Crippen LogP contribution in [0.25, 0.3) is 0 Å². The van der Waals surface area contributed by atoms with Crippen LogP contribution in [0, 0.1) is 0 Å². The lowest BCUT2D eigenvalue weighted by molar-refractivity contribution is 0.0476. The Hall–Kier alpha value is -1.75. The predicted molar refractivity (Wildman–Crippen MR) is 128 cm³/mol. The van der Waals surface area contributed by atoms with Crippen LogP contribution in [0.2, 0.25) is 0 Å². The zero-order valence-corrected chi connectivity index (χ0v) is 18.9. The Bertz CT molecular complexity index is 834. The minimum atomic E-state index is -0.549. The van der Waals surface area contributed by atoms with Crippen molar-refractivity contribution in [1.82, 2.24) is 4.90 Å². The van der Waals surface area contributed by atoms with Crippen LogP contribution in [0.5, 0.6) is 0 Å². The molecular weight excluding hydrogens is 388 g/mol. The van der Waals surface area contributed by atoms with Crippen LogP contribution < -0.4 is 4.90 Å². The normalized spacial score (nSPS) is 21.7. The van der Waals surface area contributed by atoms with Gasteiger partial charge >= 0.3 is 0 Å². The third kappa shape index (κ3) is 4.77. The Morgan fingerprint density at radius 3 is 2.53 bits per heavy atom. The molecule has 2 heterocycles. The molecule has 2 aliphatic heterocycles. The maximum atomic E-state index is 12.0. The molecule has 1 fully saturated rings. The van der Waals surface area contributed by atoms with Crippen molar-refractivity contribution >= 4 is 17.4 Å². The molecule has 3 atom stereocenters. The fourth-order valence-electron chi connectivity index (χ4n) is 4.88. The van der Waals surface area contributed by atoms with E-state index in [0.717, 1.165) is 38.1 Å². The minimum Gasteiger partial charge on any atom is -0.372 e. The Labute approximate surface area is 185 Å². The minimum absolute atomic E-state index is 0.117. The molecule has 2 aliphatic rings. The first-order valence-electron chi connectivity index (χ1n) is 11.3. The summed E-state index contributed by atoms with van der Waals surface area (Å²) in [5.74, 6) is 1.06. The second kappa shape index (κ2) is 10.0. The first kappa shape index (κ1) is 21.5. The highest BCUT2D eigenvalue weighted by atomic mass is 32.2. The van der Waals surface area contributed by atoms with E-state index < -0.39 is 6.23 Å². The topological polar surface area (TPSA) is 26.7 Å². The van der Waals surface area contributed by atoms with E-state index in [1.165, 1.54) is 34.6 Å². The number of aliphatic hydroxyl groups is 1. The van der Waals surface area contributed by atoms with Gasteiger partial charge in [0, 0.05) is 10.6 Å². The number of rotatable bonds is 7. The van der Waals surface area contributed by atoms with Crippen molar-refractivity contribution in [2.24, 2.45) is 0 Å². The van der Waals surface area contributed by atoms with Gasteiger partial charge in [-0.15, -0.1) is 18.3 Å². The van der Waals surface area contributed by atoms with Crippen LogP contribution in [0.4, 0.5) is 5.69 Å². The Morgan fingerprint density at radius 2 is 1.80 bits per heavy atom. The van der Waals surface area contributed by atoms with Crippen molar-refractivity contribution in [3.63, 3.8) is 0 Å². The molecule has 0 bridgehead atoms. The smallest absolute Gasteiger partial charge is 0.143 e. The molecule has 0 radical (unpaired) electrons. The summed E-state index contributed by atoms with van der Waals surface area (Å²) in [5.41, 5.74) is 3.65. The van der Waals surface area contributed by atoms with Crippen LogP contribution >= 0.6 is 11.8 Å². The molecule has 3 unspecified atom stereocenters. The van der Waals surface area contributed by atoms with Crippen molar-refractivity contribution in [2.45, 2.75) is 62.2 Å². The van der Waals surface area contributed by atoms with Gasteiger partial charge in [-0.1, -0.05) is 48.0 Å². The number of fused-ring (bicyclic) bond motifs is 1. The number of nitrogens with zero attached hydrogens (tertiary/aromatic N) is 2. The fourth-order valence-corrected chi connectivity index (χ4v) is 5.94. The maximum Gasteiger partial charge on any atom is 0.143 e. The highest BCUT2D eigenvalue weighted by molar-refractivity contribution is 7.99. The summed E-state index contributed by atoms with van der Waals surface area (Å²) < 4.78 is 0. The van der Waals surface area contributed by atoms with Gasteiger partial charge in [-0.2, -0.15) is 0 Å². The van der Waals surface area contributed by atoms with Crippen molar-refractivity contribution in [3.05, 3.63) is 72.3 Å². The number of benzene rings is 2. The maximum absolute atomic E-state index is 12.0. The summed E-state index contributed by atoms with van der Waals surface area (Å²) in [6, 6.07) is 19.6. The van der Waals surface area contributed by atoms with E-state index in [9.17, 15) is 5.11 Å². The molecule has 3 nitrogen and oxygen atoms in total. The Morgan fingerprint density at radius 1 is 1.10 bits per heavy atom. The van der Waals surface area contributed by atoms with Crippen LogP contribution in [0.15, 0.2) is 71.6 Å². The summed E-state index contributed by atoms with van der Waals surface area (Å²) >= 11 is 1.91.